The minimum atomic E-state index is -1.83. The molecular formula is C14H25NO11. The molecule has 0 amide bonds. The monoisotopic (exact) mass is 383 g/mol. The van der Waals surface area contributed by atoms with Gasteiger partial charge in [-0.05, 0) is 0 Å². The van der Waals surface area contributed by atoms with Crippen LogP contribution in [0.3, 0.4) is 0 Å². The molecule has 1 aliphatic carbocycles. The topological polar surface area (TPSA) is 212 Å². The third-order valence-corrected chi connectivity index (χ3v) is 4.57. The molecule has 0 bridgehead atoms. The van der Waals surface area contributed by atoms with Crippen molar-refractivity contribution in [3.05, 3.63) is 0 Å². The van der Waals surface area contributed by atoms with Gasteiger partial charge < -0.3 is 55.7 Å². The summed E-state index contributed by atoms with van der Waals surface area (Å²) in [6.45, 7) is 0.355. The first-order valence-electron chi connectivity index (χ1n) is 8.03. The van der Waals surface area contributed by atoms with Gasteiger partial charge in [0, 0.05) is 6.92 Å². The molecule has 0 aromatic carbocycles. The smallest absolute Gasteiger partial charge is 0.303 e. The van der Waals surface area contributed by atoms with E-state index in [1.807, 2.05) is 0 Å². The summed E-state index contributed by atoms with van der Waals surface area (Å²) in [6.07, 6.45) is -16.2. The molecule has 0 radical (unpaired) electrons. The summed E-state index contributed by atoms with van der Waals surface area (Å²) in [5.41, 5.74) is 5.73. The zero-order valence-electron chi connectivity index (χ0n) is 13.9. The first-order chi connectivity index (χ1) is 12.1. The maximum Gasteiger partial charge on any atom is 0.303 e. The van der Waals surface area contributed by atoms with E-state index in [1.54, 1.807) is 0 Å². The van der Waals surface area contributed by atoms with Gasteiger partial charge in [0.05, 0.1) is 12.6 Å². The second kappa shape index (κ2) is 8.39. The standard InChI is InChI=1S/C14H25NO11/c1-3(17)24-12-10(22)8(20)9(21)11(23)13(12)26-14-5(15)7(19)6(18)4(2-16)25-14/h4-14,16,18-23H,2,15H2,1H3/t4-,5-,6-,7-,8-,9+,10-,11-,12+,13+,14-/m1/s1. The molecule has 2 rings (SSSR count). The Morgan fingerprint density at radius 1 is 0.923 bits per heavy atom. The summed E-state index contributed by atoms with van der Waals surface area (Å²) in [5.74, 6) is -0.851. The molecule has 0 unspecified atom stereocenters. The first kappa shape index (κ1) is 21.4. The largest absolute Gasteiger partial charge is 0.457 e. The highest BCUT2D eigenvalue weighted by atomic mass is 16.7. The highest BCUT2D eigenvalue weighted by molar-refractivity contribution is 5.66. The number of aliphatic hydroxyl groups is 7. The van der Waals surface area contributed by atoms with Crippen LogP contribution in [0.1, 0.15) is 6.92 Å². The van der Waals surface area contributed by atoms with Crippen LogP contribution < -0.4 is 5.73 Å². The molecule has 0 spiro atoms. The molecule has 1 aliphatic heterocycles. The average molecular weight is 383 g/mol. The highest BCUT2D eigenvalue weighted by Gasteiger charge is 2.54. The van der Waals surface area contributed by atoms with Crippen LogP contribution >= 0.6 is 0 Å². The minimum Gasteiger partial charge on any atom is -0.457 e. The zero-order valence-corrected chi connectivity index (χ0v) is 13.9. The number of aliphatic hydroxyl groups excluding tert-OH is 7. The van der Waals surface area contributed by atoms with E-state index in [0.717, 1.165) is 6.92 Å². The molecule has 9 N–H and O–H groups in total. The molecule has 1 saturated heterocycles. The second-order valence-corrected chi connectivity index (χ2v) is 6.42. The Balaban J connectivity index is 2.23. The summed E-state index contributed by atoms with van der Waals surface area (Å²) in [6, 6.07) is -1.32. The van der Waals surface area contributed by atoms with Crippen molar-refractivity contribution in [2.24, 2.45) is 5.73 Å². The molecule has 2 aliphatic rings. The van der Waals surface area contributed by atoms with Gasteiger partial charge in [-0.1, -0.05) is 0 Å². The fraction of sp³-hybridized carbons (Fsp3) is 0.929. The molecule has 11 atom stereocenters. The van der Waals surface area contributed by atoms with Crippen LogP contribution in [0.25, 0.3) is 0 Å². The lowest BCUT2D eigenvalue weighted by atomic mass is 9.84. The summed E-state index contributed by atoms with van der Waals surface area (Å²) in [5, 5.41) is 68.7. The maximum atomic E-state index is 11.3. The van der Waals surface area contributed by atoms with Crippen molar-refractivity contribution in [1.82, 2.24) is 0 Å². The summed E-state index contributed by atoms with van der Waals surface area (Å²) in [4.78, 5) is 11.3. The van der Waals surface area contributed by atoms with Gasteiger partial charge in [0.2, 0.25) is 0 Å². The van der Waals surface area contributed by atoms with E-state index in [9.17, 15) is 40.5 Å². The molecule has 152 valence electrons. The fourth-order valence-corrected chi connectivity index (χ4v) is 3.05. The third-order valence-electron chi connectivity index (χ3n) is 4.57. The van der Waals surface area contributed by atoms with Crippen LogP contribution in [0.5, 0.6) is 0 Å². The maximum absolute atomic E-state index is 11.3. The average Bonchev–Trinajstić information content (AvgIpc) is 2.60. The summed E-state index contributed by atoms with van der Waals surface area (Å²) in [7, 11) is 0. The van der Waals surface area contributed by atoms with Crippen molar-refractivity contribution in [1.29, 1.82) is 0 Å². The van der Waals surface area contributed by atoms with Gasteiger partial charge in [-0.3, -0.25) is 4.79 Å². The van der Waals surface area contributed by atoms with E-state index in [-0.39, 0.29) is 0 Å². The van der Waals surface area contributed by atoms with Gasteiger partial charge in [-0.2, -0.15) is 0 Å². The van der Waals surface area contributed by atoms with Crippen LogP contribution in [0, 0.1) is 0 Å². The number of rotatable bonds is 4. The van der Waals surface area contributed by atoms with Gasteiger partial charge in [0.1, 0.15) is 48.8 Å². The lowest BCUT2D eigenvalue weighted by molar-refractivity contribution is -0.317. The van der Waals surface area contributed by atoms with Crippen molar-refractivity contribution in [2.75, 3.05) is 6.61 Å². The molecule has 26 heavy (non-hydrogen) atoms. The Hall–Kier alpha value is -0.930. The van der Waals surface area contributed by atoms with Gasteiger partial charge in [0.25, 0.3) is 0 Å². The number of ether oxygens (including phenoxy) is 3. The van der Waals surface area contributed by atoms with E-state index >= 15 is 0 Å². The van der Waals surface area contributed by atoms with E-state index in [1.165, 1.54) is 0 Å². The molecule has 1 saturated carbocycles. The normalized spacial score (nSPS) is 49.7. The van der Waals surface area contributed by atoms with E-state index < -0.39 is 79.8 Å². The Morgan fingerprint density at radius 2 is 1.46 bits per heavy atom. The van der Waals surface area contributed by atoms with E-state index in [2.05, 4.69) is 0 Å². The Bertz CT molecular complexity index is 492. The molecule has 12 heteroatoms. The van der Waals surface area contributed by atoms with E-state index in [0.29, 0.717) is 0 Å². The number of esters is 1. The lowest BCUT2D eigenvalue weighted by Crippen LogP contribution is -2.68. The van der Waals surface area contributed by atoms with Crippen molar-refractivity contribution in [2.45, 2.75) is 74.2 Å². The second-order valence-electron chi connectivity index (χ2n) is 6.42. The van der Waals surface area contributed by atoms with Crippen LogP contribution in [0.2, 0.25) is 0 Å². The number of hydrogen-bond acceptors (Lipinski definition) is 12. The summed E-state index contributed by atoms with van der Waals surface area (Å²) >= 11 is 0. The molecule has 1 heterocycles. The predicted molar refractivity (Wildman–Crippen MR) is 80.2 cm³/mol. The Morgan fingerprint density at radius 3 is 1.96 bits per heavy atom. The van der Waals surface area contributed by atoms with Crippen molar-refractivity contribution < 1.29 is 54.8 Å². The molecule has 0 aromatic heterocycles. The lowest BCUT2D eigenvalue weighted by Gasteiger charge is -2.47. The first-order valence-corrected chi connectivity index (χ1v) is 8.03. The predicted octanol–water partition coefficient (Wildman–Crippen LogP) is -5.47. The van der Waals surface area contributed by atoms with Crippen LogP contribution in [0.4, 0.5) is 0 Å². The third kappa shape index (κ3) is 3.99. The fourth-order valence-electron chi connectivity index (χ4n) is 3.05. The van der Waals surface area contributed by atoms with Crippen LogP contribution in [-0.4, -0.2) is 116 Å². The zero-order chi connectivity index (χ0) is 19.8. The van der Waals surface area contributed by atoms with Gasteiger partial charge in [0.15, 0.2) is 12.4 Å². The van der Waals surface area contributed by atoms with Crippen molar-refractivity contribution in [3.8, 4) is 0 Å². The van der Waals surface area contributed by atoms with Crippen LogP contribution in [-0.2, 0) is 19.0 Å². The van der Waals surface area contributed by atoms with Crippen LogP contribution in [0.15, 0.2) is 0 Å². The quantitative estimate of drug-likeness (QED) is 0.214. The minimum absolute atomic E-state index is 0.671. The number of hydrogen-bond donors (Lipinski definition) is 8. The van der Waals surface area contributed by atoms with Gasteiger partial charge in [-0.15, -0.1) is 0 Å². The van der Waals surface area contributed by atoms with Crippen molar-refractivity contribution >= 4 is 5.97 Å². The Kier molecular flexibility index (Phi) is 6.90. The molecule has 2 fully saturated rings. The SMILES string of the molecule is CC(=O)O[C@H]1[C@H](O)[C@H](O)[C@H](O)[C@@H](O)[C@@H]1O[C@H]1O[C@H](CO)[C@@H](O)[C@H](O)[C@H]1N. The Labute approximate surface area is 148 Å². The summed E-state index contributed by atoms with van der Waals surface area (Å²) < 4.78 is 15.6. The molecule has 12 nitrogen and oxygen atoms in total. The van der Waals surface area contributed by atoms with Gasteiger partial charge in [-0.25, -0.2) is 0 Å². The number of carbonyl (C=O) groups is 1. The molecular weight excluding hydrogens is 358 g/mol. The van der Waals surface area contributed by atoms with Crippen molar-refractivity contribution in [3.63, 3.8) is 0 Å². The molecule has 0 aromatic rings. The van der Waals surface area contributed by atoms with E-state index in [4.69, 9.17) is 19.9 Å². The highest BCUT2D eigenvalue weighted by Crippen LogP contribution is 2.30. The number of carbonyl (C=O) groups excluding carboxylic acids is 1. The van der Waals surface area contributed by atoms with Gasteiger partial charge >= 0.3 is 5.97 Å². The number of nitrogens with two attached hydrogens (primary N) is 1.